The Morgan fingerprint density at radius 2 is 1.75 bits per heavy atom. The zero-order valence-corrected chi connectivity index (χ0v) is 13.8. The van der Waals surface area contributed by atoms with Gasteiger partial charge in [-0.25, -0.2) is 4.79 Å². The lowest BCUT2D eigenvalue weighted by atomic mass is 9.92. The summed E-state index contributed by atoms with van der Waals surface area (Å²) in [6.45, 7) is 3.76. The molecular weight excluding hydrogens is 304 g/mol. The highest BCUT2D eigenvalue weighted by Crippen LogP contribution is 2.30. The standard InChI is InChI=1S/C20H20O4/c1-3-13-6-5-7-14(4-2)19(13)17-11-15-10-16(23-12-21)8-9-18(15)24-20(17)22/h5-11,21H,3-4,12H2,1-2H3. The maximum atomic E-state index is 12.5. The second kappa shape index (κ2) is 6.89. The van der Waals surface area contributed by atoms with Crippen LogP contribution in [0.2, 0.25) is 0 Å². The molecule has 0 radical (unpaired) electrons. The van der Waals surface area contributed by atoms with Gasteiger partial charge in [0.2, 0.25) is 0 Å². The molecule has 1 aromatic heterocycles. The average Bonchev–Trinajstić information content (AvgIpc) is 2.61. The predicted molar refractivity (Wildman–Crippen MR) is 94.4 cm³/mol. The largest absolute Gasteiger partial charge is 0.468 e. The number of ether oxygens (including phenoxy) is 1. The molecule has 3 rings (SSSR count). The summed E-state index contributed by atoms with van der Waals surface area (Å²) >= 11 is 0. The lowest BCUT2D eigenvalue weighted by Crippen LogP contribution is -2.07. The smallest absolute Gasteiger partial charge is 0.344 e. The zero-order valence-electron chi connectivity index (χ0n) is 13.8. The SMILES string of the molecule is CCc1cccc(CC)c1-c1cc2cc(OCO)ccc2oc1=O. The minimum absolute atomic E-state index is 0.339. The molecule has 24 heavy (non-hydrogen) atoms. The monoisotopic (exact) mass is 324 g/mol. The van der Waals surface area contributed by atoms with E-state index >= 15 is 0 Å². The molecule has 0 fully saturated rings. The zero-order chi connectivity index (χ0) is 17.1. The highest BCUT2D eigenvalue weighted by Gasteiger charge is 2.15. The second-order valence-corrected chi connectivity index (χ2v) is 5.58. The van der Waals surface area contributed by atoms with Crippen molar-refractivity contribution in [3.05, 3.63) is 64.0 Å². The molecule has 0 aliphatic carbocycles. The Bertz CT molecular complexity index is 902. The Morgan fingerprint density at radius 1 is 1.04 bits per heavy atom. The molecule has 124 valence electrons. The van der Waals surface area contributed by atoms with Gasteiger partial charge >= 0.3 is 5.63 Å². The Morgan fingerprint density at radius 3 is 2.38 bits per heavy atom. The lowest BCUT2D eigenvalue weighted by Gasteiger charge is -2.13. The van der Waals surface area contributed by atoms with E-state index in [4.69, 9.17) is 14.3 Å². The Labute approximate surface area is 140 Å². The molecule has 0 amide bonds. The second-order valence-electron chi connectivity index (χ2n) is 5.58. The molecular formula is C20H20O4. The molecule has 0 atom stereocenters. The number of benzene rings is 2. The van der Waals surface area contributed by atoms with Crippen LogP contribution < -0.4 is 10.4 Å². The molecule has 1 heterocycles. The summed E-state index contributed by atoms with van der Waals surface area (Å²) in [5.74, 6) is 0.532. The van der Waals surface area contributed by atoms with Gasteiger partial charge < -0.3 is 14.3 Å². The van der Waals surface area contributed by atoms with Crippen LogP contribution in [0.5, 0.6) is 5.75 Å². The summed E-state index contributed by atoms with van der Waals surface area (Å²) in [5, 5.41) is 9.68. The number of hydrogen-bond donors (Lipinski definition) is 1. The van der Waals surface area contributed by atoms with Gasteiger partial charge in [-0.2, -0.15) is 0 Å². The summed E-state index contributed by atoms with van der Waals surface area (Å²) in [5.41, 5.74) is 3.95. The number of fused-ring (bicyclic) bond motifs is 1. The van der Waals surface area contributed by atoms with Gasteiger partial charge in [0.15, 0.2) is 6.79 Å². The molecule has 0 unspecified atom stereocenters. The molecule has 0 saturated carbocycles. The number of aryl methyl sites for hydroxylation is 2. The predicted octanol–water partition coefficient (Wildman–Crippen LogP) is 3.91. The van der Waals surface area contributed by atoms with Crippen LogP contribution in [0.25, 0.3) is 22.1 Å². The van der Waals surface area contributed by atoms with Crippen molar-refractivity contribution in [3.63, 3.8) is 0 Å². The number of aliphatic hydroxyl groups is 1. The molecule has 0 aliphatic rings. The van der Waals surface area contributed by atoms with Gasteiger partial charge in [0.1, 0.15) is 11.3 Å². The van der Waals surface area contributed by atoms with E-state index in [2.05, 4.69) is 13.8 Å². The molecule has 3 aromatic rings. The van der Waals surface area contributed by atoms with Crippen LogP contribution in [0.4, 0.5) is 0 Å². The van der Waals surface area contributed by atoms with Crippen molar-refractivity contribution in [2.24, 2.45) is 0 Å². The van der Waals surface area contributed by atoms with Crippen molar-refractivity contribution >= 4 is 11.0 Å². The molecule has 0 aliphatic heterocycles. The Balaban J connectivity index is 2.26. The van der Waals surface area contributed by atoms with Crippen LogP contribution in [-0.4, -0.2) is 11.9 Å². The van der Waals surface area contributed by atoms with E-state index in [1.54, 1.807) is 18.2 Å². The van der Waals surface area contributed by atoms with E-state index in [0.29, 0.717) is 16.9 Å². The topological polar surface area (TPSA) is 59.7 Å². The van der Waals surface area contributed by atoms with Gasteiger partial charge in [-0.1, -0.05) is 32.0 Å². The van der Waals surface area contributed by atoms with E-state index < -0.39 is 6.79 Å². The first-order valence-electron chi connectivity index (χ1n) is 8.10. The third kappa shape index (κ3) is 2.93. The van der Waals surface area contributed by atoms with Gasteiger partial charge in [-0.05, 0) is 53.8 Å². The van der Waals surface area contributed by atoms with Crippen LogP contribution in [0.15, 0.2) is 51.7 Å². The fraction of sp³-hybridized carbons (Fsp3) is 0.250. The maximum Gasteiger partial charge on any atom is 0.344 e. The third-order valence-electron chi connectivity index (χ3n) is 4.20. The van der Waals surface area contributed by atoms with Crippen LogP contribution in [-0.2, 0) is 12.8 Å². The minimum Gasteiger partial charge on any atom is -0.468 e. The minimum atomic E-state index is -0.395. The van der Waals surface area contributed by atoms with Crippen molar-refractivity contribution in [2.45, 2.75) is 26.7 Å². The van der Waals surface area contributed by atoms with Gasteiger partial charge in [-0.15, -0.1) is 0 Å². The number of hydrogen-bond acceptors (Lipinski definition) is 4. The first kappa shape index (κ1) is 16.3. The number of aliphatic hydroxyl groups excluding tert-OH is 1. The van der Waals surface area contributed by atoms with E-state index in [9.17, 15) is 4.79 Å². The van der Waals surface area contributed by atoms with Gasteiger partial charge in [0.25, 0.3) is 0 Å². The highest BCUT2D eigenvalue weighted by molar-refractivity contribution is 5.84. The van der Waals surface area contributed by atoms with Crippen LogP contribution in [0.3, 0.4) is 0 Å². The highest BCUT2D eigenvalue weighted by atomic mass is 16.6. The van der Waals surface area contributed by atoms with Crippen LogP contribution in [0.1, 0.15) is 25.0 Å². The first-order chi connectivity index (χ1) is 11.7. The fourth-order valence-corrected chi connectivity index (χ4v) is 3.03. The third-order valence-corrected chi connectivity index (χ3v) is 4.20. The van der Waals surface area contributed by atoms with E-state index in [1.165, 1.54) is 0 Å². The van der Waals surface area contributed by atoms with Crippen molar-refractivity contribution in [1.29, 1.82) is 0 Å². The van der Waals surface area contributed by atoms with Crippen molar-refractivity contribution in [1.82, 2.24) is 0 Å². The van der Waals surface area contributed by atoms with E-state index in [-0.39, 0.29) is 5.63 Å². The van der Waals surface area contributed by atoms with Gasteiger partial charge in [0.05, 0.1) is 5.56 Å². The molecule has 0 saturated heterocycles. The molecule has 1 N–H and O–H groups in total. The molecule has 2 aromatic carbocycles. The maximum absolute atomic E-state index is 12.5. The quantitative estimate of drug-likeness (QED) is 0.571. The Kier molecular flexibility index (Phi) is 4.67. The van der Waals surface area contributed by atoms with Crippen LogP contribution in [0, 0.1) is 0 Å². The fourth-order valence-electron chi connectivity index (χ4n) is 3.03. The van der Waals surface area contributed by atoms with Crippen molar-refractivity contribution in [2.75, 3.05) is 6.79 Å². The van der Waals surface area contributed by atoms with E-state index in [0.717, 1.165) is 34.9 Å². The normalized spacial score (nSPS) is 11.0. The summed E-state index contributed by atoms with van der Waals surface area (Å²) in [6, 6.07) is 13.1. The molecule has 4 heteroatoms. The Hall–Kier alpha value is -2.59. The summed E-state index contributed by atoms with van der Waals surface area (Å²) in [6.07, 6.45) is 1.68. The number of rotatable bonds is 5. The van der Waals surface area contributed by atoms with Gasteiger partial charge in [-0.3, -0.25) is 0 Å². The average molecular weight is 324 g/mol. The first-order valence-corrected chi connectivity index (χ1v) is 8.10. The lowest BCUT2D eigenvalue weighted by molar-refractivity contribution is 0.0987. The summed E-state index contributed by atoms with van der Waals surface area (Å²) in [4.78, 5) is 12.5. The molecule has 0 spiro atoms. The van der Waals surface area contributed by atoms with Gasteiger partial charge in [0, 0.05) is 5.39 Å². The molecule has 0 bridgehead atoms. The van der Waals surface area contributed by atoms with E-state index in [1.807, 2.05) is 24.3 Å². The van der Waals surface area contributed by atoms with Crippen molar-refractivity contribution in [3.8, 4) is 16.9 Å². The molecule has 4 nitrogen and oxygen atoms in total. The summed E-state index contributed by atoms with van der Waals surface area (Å²) in [7, 11) is 0. The van der Waals surface area contributed by atoms with Crippen LogP contribution >= 0.6 is 0 Å². The summed E-state index contributed by atoms with van der Waals surface area (Å²) < 4.78 is 10.6. The van der Waals surface area contributed by atoms with Crippen molar-refractivity contribution < 1.29 is 14.3 Å².